The molecule has 0 spiro atoms. The lowest BCUT2D eigenvalue weighted by molar-refractivity contribution is -0.177. The molecule has 1 aromatic carbocycles. The van der Waals surface area contributed by atoms with Crippen molar-refractivity contribution in [1.29, 1.82) is 0 Å². The van der Waals surface area contributed by atoms with Crippen LogP contribution in [0, 0.1) is 12.8 Å². The van der Waals surface area contributed by atoms with Crippen LogP contribution in [0.25, 0.3) is 0 Å². The van der Waals surface area contributed by atoms with E-state index >= 15 is 0 Å². The van der Waals surface area contributed by atoms with Crippen molar-refractivity contribution in [1.82, 2.24) is 0 Å². The third-order valence-corrected chi connectivity index (χ3v) is 5.87. The van der Waals surface area contributed by atoms with Gasteiger partial charge in [0.2, 0.25) is 0 Å². The Labute approximate surface area is 164 Å². The minimum atomic E-state index is -0.774. The van der Waals surface area contributed by atoms with Crippen molar-refractivity contribution in [3.63, 3.8) is 0 Å². The molecule has 142 valence electrons. The summed E-state index contributed by atoms with van der Waals surface area (Å²) >= 11 is 3.71. The zero-order valence-corrected chi connectivity index (χ0v) is 17.5. The second kappa shape index (κ2) is 8.15. The molecule has 4 nitrogen and oxygen atoms in total. The Morgan fingerprint density at radius 2 is 1.96 bits per heavy atom. The molecule has 2 aliphatic rings. The predicted molar refractivity (Wildman–Crippen MR) is 106 cm³/mol. The first-order valence-electron chi connectivity index (χ1n) is 9.07. The molecule has 1 saturated heterocycles. The van der Waals surface area contributed by atoms with Crippen molar-refractivity contribution < 1.29 is 18.9 Å². The third kappa shape index (κ3) is 3.57. The molecule has 1 atom stereocenters. The Morgan fingerprint density at radius 1 is 1.23 bits per heavy atom. The second-order valence-corrected chi connectivity index (χ2v) is 7.71. The molecular weight excluding hydrogens is 396 g/mol. The summed E-state index contributed by atoms with van der Waals surface area (Å²) in [4.78, 5) is 0. The van der Waals surface area contributed by atoms with Gasteiger partial charge in [-0.2, -0.15) is 0 Å². The van der Waals surface area contributed by atoms with E-state index in [4.69, 9.17) is 18.9 Å². The molecule has 26 heavy (non-hydrogen) atoms. The number of methoxy groups -OCH3 is 2. The van der Waals surface area contributed by atoms with Gasteiger partial charge in [-0.15, -0.1) is 0 Å². The van der Waals surface area contributed by atoms with E-state index in [-0.39, 0.29) is 0 Å². The summed E-state index contributed by atoms with van der Waals surface area (Å²) in [5.74, 6) is 1.00. The number of allylic oxidation sites excluding steroid dienone is 4. The van der Waals surface area contributed by atoms with Gasteiger partial charge in [-0.05, 0) is 31.7 Å². The molecular formula is C21H27BrO4. The molecule has 1 heterocycles. The van der Waals surface area contributed by atoms with Crippen molar-refractivity contribution >= 4 is 15.9 Å². The van der Waals surface area contributed by atoms with E-state index in [0.29, 0.717) is 24.9 Å². The lowest BCUT2D eigenvalue weighted by Crippen LogP contribution is -2.32. The van der Waals surface area contributed by atoms with Crippen LogP contribution in [0.4, 0.5) is 0 Å². The molecule has 0 radical (unpaired) electrons. The van der Waals surface area contributed by atoms with E-state index in [0.717, 1.165) is 40.6 Å². The minimum Gasteiger partial charge on any atom is -0.493 e. The molecule has 0 bridgehead atoms. The summed E-state index contributed by atoms with van der Waals surface area (Å²) in [5.41, 5.74) is 3.41. The first-order valence-corrected chi connectivity index (χ1v) is 9.86. The van der Waals surface area contributed by atoms with E-state index in [1.54, 1.807) is 14.2 Å². The molecule has 0 N–H and O–H groups in total. The summed E-state index contributed by atoms with van der Waals surface area (Å²) in [6.45, 7) is 5.46. The van der Waals surface area contributed by atoms with E-state index in [1.165, 1.54) is 5.57 Å². The van der Waals surface area contributed by atoms with Crippen LogP contribution in [-0.4, -0.2) is 27.4 Å². The van der Waals surface area contributed by atoms with Gasteiger partial charge in [0.1, 0.15) is 0 Å². The molecule has 0 aromatic heterocycles. The van der Waals surface area contributed by atoms with Crippen molar-refractivity contribution in [2.75, 3.05) is 27.4 Å². The zero-order chi connectivity index (χ0) is 18.7. The molecule has 1 aromatic rings. The molecule has 0 unspecified atom stereocenters. The van der Waals surface area contributed by atoms with Gasteiger partial charge in [-0.3, -0.25) is 0 Å². The maximum atomic E-state index is 6.23. The van der Waals surface area contributed by atoms with Crippen LogP contribution in [0.5, 0.6) is 11.5 Å². The van der Waals surface area contributed by atoms with Gasteiger partial charge in [0.25, 0.3) is 0 Å². The van der Waals surface area contributed by atoms with E-state index in [2.05, 4.69) is 41.1 Å². The second-order valence-electron chi connectivity index (χ2n) is 6.86. The third-order valence-electron chi connectivity index (χ3n) is 5.25. The maximum Gasteiger partial charge on any atom is 0.197 e. The van der Waals surface area contributed by atoms with Gasteiger partial charge in [-0.25, -0.2) is 0 Å². The highest BCUT2D eigenvalue weighted by atomic mass is 79.9. The van der Waals surface area contributed by atoms with Crippen LogP contribution >= 0.6 is 15.9 Å². The van der Waals surface area contributed by atoms with Crippen LogP contribution in [0.1, 0.15) is 37.3 Å². The molecule has 3 rings (SSSR count). The number of hydrogen-bond donors (Lipinski definition) is 0. The van der Waals surface area contributed by atoms with E-state index in [9.17, 15) is 0 Å². The largest absolute Gasteiger partial charge is 0.493 e. The standard InChI is InChI=1S/C21H27BrO4/c1-14(16-8-6-5-7-9-16)13-21(25-10-11-26-21)19-15(2)20(24-4)18(23-3)12-17(19)22/h5-6,8,12,14H,7,9-11,13H2,1-4H3/t14-/m0/s1. The monoisotopic (exact) mass is 422 g/mol. The molecule has 1 aliphatic carbocycles. The average molecular weight is 423 g/mol. The summed E-state index contributed by atoms with van der Waals surface area (Å²) in [7, 11) is 3.31. The predicted octanol–water partition coefficient (Wildman–Crippen LogP) is 5.28. The summed E-state index contributed by atoms with van der Waals surface area (Å²) in [6, 6.07) is 1.93. The molecule has 0 saturated carbocycles. The number of ether oxygens (including phenoxy) is 4. The number of rotatable bonds is 6. The lowest BCUT2D eigenvalue weighted by Gasteiger charge is -2.34. The Morgan fingerprint density at radius 3 is 2.54 bits per heavy atom. The smallest absolute Gasteiger partial charge is 0.197 e. The quantitative estimate of drug-likeness (QED) is 0.624. The molecule has 1 aliphatic heterocycles. The van der Waals surface area contributed by atoms with Crippen molar-refractivity contribution in [2.24, 2.45) is 5.92 Å². The Balaban J connectivity index is 2.02. The molecule has 0 amide bonds. The van der Waals surface area contributed by atoms with Gasteiger partial charge >= 0.3 is 0 Å². The number of benzene rings is 1. The fourth-order valence-corrected chi connectivity index (χ4v) is 4.80. The van der Waals surface area contributed by atoms with Crippen LogP contribution in [-0.2, 0) is 15.3 Å². The first kappa shape index (κ1) is 19.5. The first-order chi connectivity index (χ1) is 12.5. The van der Waals surface area contributed by atoms with Gasteiger partial charge in [0.05, 0.1) is 27.4 Å². The number of halogens is 1. The van der Waals surface area contributed by atoms with E-state index < -0.39 is 5.79 Å². The maximum absolute atomic E-state index is 6.23. The van der Waals surface area contributed by atoms with Gasteiger partial charge in [0.15, 0.2) is 17.3 Å². The topological polar surface area (TPSA) is 36.9 Å². The average Bonchev–Trinajstić information content (AvgIpc) is 3.10. The highest BCUT2D eigenvalue weighted by Gasteiger charge is 2.44. The Bertz CT molecular complexity index is 717. The van der Waals surface area contributed by atoms with Crippen LogP contribution in [0.2, 0.25) is 0 Å². The van der Waals surface area contributed by atoms with Crippen LogP contribution < -0.4 is 9.47 Å². The van der Waals surface area contributed by atoms with Crippen LogP contribution in [0.3, 0.4) is 0 Å². The summed E-state index contributed by atoms with van der Waals surface area (Å²) in [5, 5.41) is 0. The van der Waals surface area contributed by atoms with Gasteiger partial charge < -0.3 is 18.9 Å². The van der Waals surface area contributed by atoms with Crippen molar-refractivity contribution in [3.8, 4) is 11.5 Å². The fourth-order valence-electron chi connectivity index (χ4n) is 3.99. The Kier molecular flexibility index (Phi) is 6.10. The SMILES string of the molecule is COc1cc(Br)c(C2(C[C@H](C)C3=CC=CCC3)OCCO2)c(C)c1OC. The summed E-state index contributed by atoms with van der Waals surface area (Å²) in [6.07, 6.45) is 9.55. The van der Waals surface area contributed by atoms with Gasteiger partial charge in [-0.1, -0.05) is 46.7 Å². The molecule has 5 heteroatoms. The highest BCUT2D eigenvalue weighted by Crippen LogP contribution is 2.48. The fraction of sp³-hybridized carbons (Fsp3) is 0.524. The van der Waals surface area contributed by atoms with Crippen LogP contribution in [0.15, 0.2) is 34.3 Å². The van der Waals surface area contributed by atoms with Gasteiger partial charge in [0, 0.05) is 22.0 Å². The molecule has 1 fully saturated rings. The zero-order valence-electron chi connectivity index (χ0n) is 15.9. The van der Waals surface area contributed by atoms with Crippen molar-refractivity contribution in [3.05, 3.63) is 45.5 Å². The van der Waals surface area contributed by atoms with Crippen molar-refractivity contribution in [2.45, 2.75) is 38.9 Å². The van der Waals surface area contributed by atoms with E-state index in [1.807, 2.05) is 13.0 Å². The number of hydrogen-bond acceptors (Lipinski definition) is 4. The Hall–Kier alpha value is -1.30. The minimum absolute atomic E-state index is 0.359. The lowest BCUT2D eigenvalue weighted by atomic mass is 9.84. The highest BCUT2D eigenvalue weighted by molar-refractivity contribution is 9.10. The summed E-state index contributed by atoms with van der Waals surface area (Å²) < 4.78 is 24.5. The normalized spacial score (nSPS) is 20.0.